The first kappa shape index (κ1) is 13.5. The van der Waals surface area contributed by atoms with Gasteiger partial charge in [-0.05, 0) is 42.2 Å². The lowest BCUT2D eigenvalue weighted by atomic mass is 9.89. The van der Waals surface area contributed by atoms with Crippen LogP contribution in [0.15, 0.2) is 48.5 Å². The minimum atomic E-state index is -0.415. The highest BCUT2D eigenvalue weighted by Gasteiger charge is 2.26. The molecule has 20 heavy (non-hydrogen) atoms. The third-order valence-corrected chi connectivity index (χ3v) is 4.02. The topological polar surface area (TPSA) is 29.5 Å². The molecule has 0 fully saturated rings. The standard InChI is InChI=1S/C17H17ClO2/c18-15-6-3-4-12(8-15)9-16(19)14-10-13-5-1-2-7-17(13)20-11-14/h1-8,14,16,19H,9-11H2. The van der Waals surface area contributed by atoms with Gasteiger partial charge in [-0.25, -0.2) is 0 Å². The fraction of sp³-hybridized carbons (Fsp3) is 0.294. The first-order valence-electron chi connectivity index (χ1n) is 6.85. The Labute approximate surface area is 124 Å². The number of rotatable bonds is 3. The van der Waals surface area contributed by atoms with Gasteiger partial charge in [0.15, 0.2) is 0 Å². The molecule has 0 amide bonds. The second-order valence-electron chi connectivity index (χ2n) is 5.28. The van der Waals surface area contributed by atoms with E-state index in [0.29, 0.717) is 18.1 Å². The predicted molar refractivity (Wildman–Crippen MR) is 80.3 cm³/mol. The smallest absolute Gasteiger partial charge is 0.122 e. The molecule has 0 bridgehead atoms. The average molecular weight is 289 g/mol. The summed E-state index contributed by atoms with van der Waals surface area (Å²) in [5.41, 5.74) is 2.23. The van der Waals surface area contributed by atoms with Crippen molar-refractivity contribution in [2.24, 2.45) is 5.92 Å². The highest BCUT2D eigenvalue weighted by atomic mass is 35.5. The molecule has 2 aromatic rings. The Bertz CT molecular complexity index is 597. The minimum Gasteiger partial charge on any atom is -0.493 e. The summed E-state index contributed by atoms with van der Waals surface area (Å²) in [6.07, 6.45) is 1.05. The Morgan fingerprint density at radius 1 is 1.20 bits per heavy atom. The van der Waals surface area contributed by atoms with Crippen LogP contribution in [0.2, 0.25) is 5.02 Å². The van der Waals surface area contributed by atoms with Crippen molar-refractivity contribution in [2.75, 3.05) is 6.61 Å². The van der Waals surface area contributed by atoms with Crippen molar-refractivity contribution >= 4 is 11.6 Å². The van der Waals surface area contributed by atoms with Gasteiger partial charge in [-0.15, -0.1) is 0 Å². The Hall–Kier alpha value is -1.51. The normalized spacial score (nSPS) is 19.0. The summed E-state index contributed by atoms with van der Waals surface area (Å²) in [5.74, 6) is 1.07. The van der Waals surface area contributed by atoms with Gasteiger partial charge in [-0.1, -0.05) is 41.9 Å². The maximum absolute atomic E-state index is 10.4. The average Bonchev–Trinajstić information content (AvgIpc) is 2.47. The second-order valence-corrected chi connectivity index (χ2v) is 5.72. The third-order valence-electron chi connectivity index (χ3n) is 3.79. The van der Waals surface area contributed by atoms with E-state index < -0.39 is 6.10 Å². The van der Waals surface area contributed by atoms with Gasteiger partial charge < -0.3 is 9.84 Å². The van der Waals surface area contributed by atoms with Crippen LogP contribution in [0.3, 0.4) is 0 Å². The van der Waals surface area contributed by atoms with Gasteiger partial charge in [0.05, 0.1) is 12.7 Å². The van der Waals surface area contributed by atoms with E-state index in [1.165, 1.54) is 5.56 Å². The van der Waals surface area contributed by atoms with Gasteiger partial charge in [0.25, 0.3) is 0 Å². The van der Waals surface area contributed by atoms with Gasteiger partial charge >= 0.3 is 0 Å². The molecule has 3 rings (SSSR count). The molecule has 1 N–H and O–H groups in total. The number of halogens is 1. The lowest BCUT2D eigenvalue weighted by molar-refractivity contribution is 0.0652. The lowest BCUT2D eigenvalue weighted by Gasteiger charge is -2.29. The molecule has 0 aliphatic carbocycles. The van der Waals surface area contributed by atoms with E-state index in [0.717, 1.165) is 17.7 Å². The van der Waals surface area contributed by atoms with Crippen LogP contribution in [-0.4, -0.2) is 17.8 Å². The number of benzene rings is 2. The van der Waals surface area contributed by atoms with Crippen molar-refractivity contribution in [1.29, 1.82) is 0 Å². The van der Waals surface area contributed by atoms with Crippen molar-refractivity contribution in [3.05, 3.63) is 64.7 Å². The Morgan fingerprint density at radius 3 is 2.90 bits per heavy atom. The molecule has 3 heteroatoms. The molecule has 0 saturated carbocycles. The molecule has 1 heterocycles. The summed E-state index contributed by atoms with van der Waals surface area (Å²) in [4.78, 5) is 0. The number of hydrogen-bond donors (Lipinski definition) is 1. The van der Waals surface area contributed by atoms with Gasteiger partial charge in [0, 0.05) is 10.9 Å². The number of para-hydroxylation sites is 1. The fourth-order valence-corrected chi connectivity index (χ4v) is 2.88. The van der Waals surface area contributed by atoms with Gasteiger partial charge in [-0.2, -0.15) is 0 Å². The highest BCUT2D eigenvalue weighted by Crippen LogP contribution is 2.29. The van der Waals surface area contributed by atoms with Crippen LogP contribution >= 0.6 is 11.6 Å². The summed E-state index contributed by atoms with van der Waals surface area (Å²) < 4.78 is 5.73. The molecule has 2 aromatic carbocycles. The quantitative estimate of drug-likeness (QED) is 0.937. The fourth-order valence-electron chi connectivity index (χ4n) is 2.67. The van der Waals surface area contributed by atoms with Crippen LogP contribution in [0.5, 0.6) is 5.75 Å². The van der Waals surface area contributed by atoms with Crippen LogP contribution in [0.1, 0.15) is 11.1 Å². The van der Waals surface area contributed by atoms with E-state index in [1.54, 1.807) is 0 Å². The molecule has 1 aliphatic heterocycles. The molecule has 1 aliphatic rings. The molecule has 2 unspecified atom stereocenters. The number of ether oxygens (including phenoxy) is 1. The molecule has 2 atom stereocenters. The third kappa shape index (κ3) is 2.97. The highest BCUT2D eigenvalue weighted by molar-refractivity contribution is 6.30. The van der Waals surface area contributed by atoms with E-state index in [4.69, 9.17) is 16.3 Å². The SMILES string of the molecule is OC(Cc1cccc(Cl)c1)C1COc2ccccc2C1. The number of aliphatic hydroxyl groups excluding tert-OH is 1. The first-order valence-corrected chi connectivity index (χ1v) is 7.23. The predicted octanol–water partition coefficient (Wildman–Crippen LogP) is 3.49. The zero-order valence-corrected chi connectivity index (χ0v) is 11.9. The van der Waals surface area contributed by atoms with Crippen LogP contribution < -0.4 is 4.74 Å². The number of aliphatic hydroxyl groups is 1. The minimum absolute atomic E-state index is 0.129. The monoisotopic (exact) mass is 288 g/mol. The van der Waals surface area contributed by atoms with E-state index in [-0.39, 0.29) is 5.92 Å². The maximum Gasteiger partial charge on any atom is 0.122 e. The summed E-state index contributed by atoms with van der Waals surface area (Å²) >= 11 is 5.97. The maximum atomic E-state index is 10.4. The Balaban J connectivity index is 1.68. The second kappa shape index (κ2) is 5.86. The van der Waals surface area contributed by atoms with E-state index in [9.17, 15) is 5.11 Å². The molecular formula is C17H17ClO2. The summed E-state index contributed by atoms with van der Waals surface area (Å²) in [6, 6.07) is 15.7. The van der Waals surface area contributed by atoms with Gasteiger partial charge in [-0.3, -0.25) is 0 Å². The summed E-state index contributed by atoms with van der Waals surface area (Å²) in [6.45, 7) is 0.568. The van der Waals surface area contributed by atoms with Gasteiger partial charge in [0.2, 0.25) is 0 Å². The van der Waals surface area contributed by atoms with E-state index in [2.05, 4.69) is 6.07 Å². The molecule has 0 aromatic heterocycles. The van der Waals surface area contributed by atoms with Gasteiger partial charge in [0.1, 0.15) is 5.75 Å². The van der Waals surface area contributed by atoms with Crippen molar-refractivity contribution in [3.8, 4) is 5.75 Å². The van der Waals surface area contributed by atoms with Crippen LogP contribution in [-0.2, 0) is 12.8 Å². The number of fused-ring (bicyclic) bond motifs is 1. The first-order chi connectivity index (χ1) is 9.72. The van der Waals surface area contributed by atoms with Crippen LogP contribution in [0.25, 0.3) is 0 Å². The molecule has 2 nitrogen and oxygen atoms in total. The van der Waals surface area contributed by atoms with E-state index >= 15 is 0 Å². The molecule has 0 spiro atoms. The van der Waals surface area contributed by atoms with Crippen molar-refractivity contribution < 1.29 is 9.84 Å². The van der Waals surface area contributed by atoms with Crippen molar-refractivity contribution in [1.82, 2.24) is 0 Å². The van der Waals surface area contributed by atoms with Crippen LogP contribution in [0, 0.1) is 5.92 Å². The zero-order valence-electron chi connectivity index (χ0n) is 11.1. The van der Waals surface area contributed by atoms with Crippen LogP contribution in [0.4, 0.5) is 0 Å². The zero-order chi connectivity index (χ0) is 13.9. The summed E-state index contributed by atoms with van der Waals surface area (Å²) in [7, 11) is 0. The van der Waals surface area contributed by atoms with Crippen molar-refractivity contribution in [3.63, 3.8) is 0 Å². The number of hydrogen-bond acceptors (Lipinski definition) is 2. The van der Waals surface area contributed by atoms with Crippen molar-refractivity contribution in [2.45, 2.75) is 18.9 Å². The largest absolute Gasteiger partial charge is 0.493 e. The molecule has 104 valence electrons. The molecule has 0 radical (unpaired) electrons. The molecular weight excluding hydrogens is 272 g/mol. The van der Waals surface area contributed by atoms with E-state index in [1.807, 2.05) is 42.5 Å². The lowest BCUT2D eigenvalue weighted by Crippen LogP contribution is -2.33. The Morgan fingerprint density at radius 2 is 2.05 bits per heavy atom. The Kier molecular flexibility index (Phi) is 3.95. The molecule has 0 saturated heterocycles. The summed E-state index contributed by atoms with van der Waals surface area (Å²) in [5, 5.41) is 11.1.